The molecule has 0 bridgehead atoms. The standard InChI is InChI=1S/C47H30B2N4S/c1-4-16-31(17-5-1)51-37-24-12-10-22-34(37)48-36-30-41-46(50-47(36)53(33-20-8-3-9-21-33)39-26-14-25-38(51)44(39)48)49-35-23-11-13-28-42(35)54-43-29-15-27-40(45(43)49)52(41)32-18-6-2-7-19-32/h1-30H. The van der Waals surface area contributed by atoms with E-state index in [1.54, 1.807) is 0 Å². The summed E-state index contributed by atoms with van der Waals surface area (Å²) in [6.07, 6.45) is 0. The zero-order valence-electron chi connectivity index (χ0n) is 29.2. The van der Waals surface area contributed by atoms with Crippen LogP contribution in [0.2, 0.25) is 0 Å². The summed E-state index contributed by atoms with van der Waals surface area (Å²) in [5.74, 6) is 0.988. The minimum atomic E-state index is -0.0281. The highest BCUT2D eigenvalue weighted by Gasteiger charge is 2.47. The lowest BCUT2D eigenvalue weighted by molar-refractivity contribution is 1.18. The fourth-order valence-electron chi connectivity index (χ4n) is 9.34. The molecule has 7 heteroatoms. The first-order chi connectivity index (χ1) is 26.8. The first-order valence-corrected chi connectivity index (χ1v) is 19.4. The molecule has 0 amide bonds. The first kappa shape index (κ1) is 30.1. The Bertz CT molecular complexity index is 2800. The average molecular weight is 704 g/mol. The van der Waals surface area contributed by atoms with E-state index in [1.807, 2.05) is 11.8 Å². The third-order valence-corrected chi connectivity index (χ3v) is 12.6. The van der Waals surface area contributed by atoms with E-state index in [0.29, 0.717) is 0 Å². The normalized spacial score (nSPS) is 14.0. The Balaban J connectivity index is 1.20. The van der Waals surface area contributed by atoms with Crippen molar-refractivity contribution in [2.24, 2.45) is 0 Å². The third-order valence-electron chi connectivity index (χ3n) is 11.5. The van der Waals surface area contributed by atoms with E-state index in [0.717, 1.165) is 39.8 Å². The van der Waals surface area contributed by atoms with Crippen LogP contribution in [0.5, 0.6) is 0 Å². The molecule has 0 spiro atoms. The predicted molar refractivity (Wildman–Crippen MR) is 228 cm³/mol. The van der Waals surface area contributed by atoms with Gasteiger partial charge >= 0.3 is 0 Å². The van der Waals surface area contributed by atoms with E-state index in [9.17, 15) is 0 Å². The van der Waals surface area contributed by atoms with E-state index < -0.39 is 0 Å². The van der Waals surface area contributed by atoms with Gasteiger partial charge in [0.05, 0.1) is 5.69 Å². The molecular formula is C47H30B2N4S. The summed E-state index contributed by atoms with van der Waals surface area (Å²) in [5.41, 5.74) is 16.8. The van der Waals surface area contributed by atoms with Crippen LogP contribution in [0.4, 0.5) is 51.3 Å². The third kappa shape index (κ3) is 4.16. The van der Waals surface area contributed by atoms with E-state index in [4.69, 9.17) is 4.98 Å². The summed E-state index contributed by atoms with van der Waals surface area (Å²) in [7, 11) is 0. The molecule has 0 aliphatic carbocycles. The van der Waals surface area contributed by atoms with Crippen molar-refractivity contribution in [3.05, 3.63) is 182 Å². The number of para-hydroxylation sites is 4. The van der Waals surface area contributed by atoms with Gasteiger partial charge in [-0.2, -0.15) is 0 Å². The second kappa shape index (κ2) is 11.5. The van der Waals surface area contributed by atoms with Crippen molar-refractivity contribution < 1.29 is 0 Å². The minimum absolute atomic E-state index is 0.00789. The Morgan fingerprint density at radius 2 is 0.870 bits per heavy atom. The van der Waals surface area contributed by atoms with Crippen LogP contribution >= 0.6 is 11.8 Å². The molecule has 0 unspecified atom stereocenters. The lowest BCUT2D eigenvalue weighted by Crippen LogP contribution is -2.65. The van der Waals surface area contributed by atoms with Gasteiger partial charge in [0.1, 0.15) is 5.82 Å². The summed E-state index contributed by atoms with van der Waals surface area (Å²) in [6, 6.07) is 66.3. The van der Waals surface area contributed by atoms with Crippen LogP contribution in [0.25, 0.3) is 0 Å². The molecule has 250 valence electrons. The lowest BCUT2D eigenvalue weighted by Gasteiger charge is -2.45. The smallest absolute Gasteiger partial charge is 0.273 e. The van der Waals surface area contributed by atoms with Crippen molar-refractivity contribution in [1.29, 1.82) is 0 Å². The SMILES string of the molecule is c1ccc(N2c3cc4c(nc3B3c5ccccc5Sc5cccc2c53)N(c2ccccc2)c2cccc3c2B4c2ccccc2N3c2ccccc2)cc1. The Morgan fingerprint density at radius 1 is 0.370 bits per heavy atom. The summed E-state index contributed by atoms with van der Waals surface area (Å²) in [4.78, 5) is 15.9. The van der Waals surface area contributed by atoms with Gasteiger partial charge in [-0.1, -0.05) is 120 Å². The molecule has 5 heterocycles. The molecule has 0 N–H and O–H groups in total. The summed E-state index contributed by atoms with van der Waals surface area (Å²) in [6.45, 7) is -0.0360. The average Bonchev–Trinajstić information content (AvgIpc) is 3.24. The number of fused-ring (bicyclic) bond motifs is 8. The molecule has 0 saturated carbocycles. The van der Waals surface area contributed by atoms with Crippen molar-refractivity contribution in [2.75, 3.05) is 14.7 Å². The van der Waals surface area contributed by atoms with Crippen molar-refractivity contribution in [1.82, 2.24) is 4.98 Å². The van der Waals surface area contributed by atoms with Gasteiger partial charge in [0.15, 0.2) is 0 Å². The Kier molecular flexibility index (Phi) is 6.42. The molecule has 8 aromatic rings. The molecule has 0 radical (unpaired) electrons. The minimum Gasteiger partial charge on any atom is -0.311 e. The van der Waals surface area contributed by atoms with Crippen LogP contribution in [-0.2, 0) is 0 Å². The maximum absolute atomic E-state index is 5.97. The highest BCUT2D eigenvalue weighted by atomic mass is 32.2. The highest BCUT2D eigenvalue weighted by Crippen LogP contribution is 2.46. The van der Waals surface area contributed by atoms with Gasteiger partial charge in [-0.05, 0) is 101 Å². The zero-order chi connectivity index (χ0) is 35.3. The lowest BCUT2D eigenvalue weighted by atomic mass is 9.33. The Labute approximate surface area is 319 Å². The van der Waals surface area contributed by atoms with Crippen molar-refractivity contribution in [2.45, 2.75) is 9.79 Å². The molecule has 4 aliphatic rings. The number of anilines is 9. The number of pyridine rings is 1. The molecule has 7 aromatic carbocycles. The van der Waals surface area contributed by atoms with Gasteiger partial charge in [-0.3, -0.25) is 4.90 Å². The maximum Gasteiger partial charge on any atom is 0.273 e. The van der Waals surface area contributed by atoms with Crippen LogP contribution in [0.15, 0.2) is 192 Å². The summed E-state index contributed by atoms with van der Waals surface area (Å²) >= 11 is 1.87. The molecule has 0 atom stereocenters. The number of hydrogen-bond donors (Lipinski definition) is 0. The van der Waals surface area contributed by atoms with Crippen LogP contribution in [0.1, 0.15) is 0 Å². The van der Waals surface area contributed by atoms with Gasteiger partial charge < -0.3 is 9.80 Å². The molecular weight excluding hydrogens is 674 g/mol. The van der Waals surface area contributed by atoms with Gasteiger partial charge in [-0.25, -0.2) is 4.98 Å². The monoisotopic (exact) mass is 704 g/mol. The number of rotatable bonds is 3. The zero-order valence-corrected chi connectivity index (χ0v) is 30.0. The van der Waals surface area contributed by atoms with E-state index in [-0.39, 0.29) is 13.4 Å². The Hall–Kier alpha value is -6.43. The fourth-order valence-corrected chi connectivity index (χ4v) is 10.5. The second-order valence-electron chi connectivity index (χ2n) is 14.3. The van der Waals surface area contributed by atoms with Crippen molar-refractivity contribution >= 4 is 109 Å². The van der Waals surface area contributed by atoms with Crippen molar-refractivity contribution in [3.63, 3.8) is 0 Å². The van der Waals surface area contributed by atoms with E-state index in [2.05, 4.69) is 197 Å². The highest BCUT2D eigenvalue weighted by molar-refractivity contribution is 8.00. The molecule has 0 fully saturated rings. The maximum atomic E-state index is 5.97. The quantitative estimate of drug-likeness (QED) is 0.174. The molecule has 4 nitrogen and oxygen atoms in total. The number of benzene rings is 7. The predicted octanol–water partition coefficient (Wildman–Crippen LogP) is 7.93. The number of hydrogen-bond acceptors (Lipinski definition) is 5. The van der Waals surface area contributed by atoms with Crippen LogP contribution in [0, 0.1) is 0 Å². The Morgan fingerprint density at radius 3 is 1.57 bits per heavy atom. The van der Waals surface area contributed by atoms with E-state index >= 15 is 0 Å². The van der Waals surface area contributed by atoms with Crippen LogP contribution < -0.4 is 47.6 Å². The van der Waals surface area contributed by atoms with E-state index in [1.165, 1.54) is 54.2 Å². The van der Waals surface area contributed by atoms with Gasteiger partial charge in [0, 0.05) is 55.2 Å². The van der Waals surface area contributed by atoms with Crippen molar-refractivity contribution in [3.8, 4) is 0 Å². The van der Waals surface area contributed by atoms with Crippen LogP contribution in [-0.4, -0.2) is 18.4 Å². The number of nitrogens with zero attached hydrogens (tertiary/aromatic N) is 4. The second-order valence-corrected chi connectivity index (χ2v) is 15.4. The summed E-state index contributed by atoms with van der Waals surface area (Å²) in [5, 5.41) is 0. The fraction of sp³-hybridized carbons (Fsp3) is 0. The molecule has 12 rings (SSSR count). The number of aromatic nitrogens is 1. The van der Waals surface area contributed by atoms with Gasteiger partial charge in [0.2, 0.25) is 0 Å². The first-order valence-electron chi connectivity index (χ1n) is 18.6. The molecule has 4 aliphatic heterocycles. The van der Waals surface area contributed by atoms with Crippen LogP contribution in [0.3, 0.4) is 0 Å². The molecule has 54 heavy (non-hydrogen) atoms. The topological polar surface area (TPSA) is 22.6 Å². The van der Waals surface area contributed by atoms with Gasteiger partial charge in [-0.15, -0.1) is 0 Å². The largest absolute Gasteiger partial charge is 0.311 e. The molecule has 0 saturated heterocycles. The molecule has 1 aromatic heterocycles. The van der Waals surface area contributed by atoms with Gasteiger partial charge in [0.25, 0.3) is 13.4 Å². The summed E-state index contributed by atoms with van der Waals surface area (Å²) < 4.78 is 0.